The third kappa shape index (κ3) is 6.99. The molecule has 1 atom stereocenters. The topological polar surface area (TPSA) is 79.6 Å². The van der Waals surface area contributed by atoms with E-state index in [0.717, 1.165) is 22.6 Å². The maximum atomic E-state index is 13.7. The largest absolute Gasteiger partial charge is 0.460 e. The van der Waals surface area contributed by atoms with Crippen molar-refractivity contribution in [3.8, 4) is 0 Å². The molecule has 1 aromatic heterocycles. The number of likely N-dealkylation sites (N-methyl/N-ethyl adjacent to an activating group) is 1. The van der Waals surface area contributed by atoms with Crippen molar-refractivity contribution >= 4 is 38.3 Å². The number of rotatable bonds is 10. The average Bonchev–Trinajstić information content (AvgIpc) is 3.29. The summed E-state index contributed by atoms with van der Waals surface area (Å²) in [6.45, 7) is 3.93. The number of carbonyl (C=O) groups is 1. The van der Waals surface area contributed by atoms with Gasteiger partial charge in [-0.3, -0.25) is 4.79 Å². The molecule has 1 N–H and O–H groups in total. The van der Waals surface area contributed by atoms with Crippen LogP contribution in [-0.4, -0.2) is 45.6 Å². The van der Waals surface area contributed by atoms with Gasteiger partial charge in [-0.2, -0.15) is 13.2 Å². The average molecular weight is 621 g/mol. The highest BCUT2D eigenvalue weighted by Crippen LogP contribution is 2.36. The lowest BCUT2D eigenvalue weighted by Gasteiger charge is -2.23. The summed E-state index contributed by atoms with van der Waals surface area (Å²) in [5, 5.41) is 3.74. The highest BCUT2D eigenvalue weighted by atomic mass is 35.5. The minimum Gasteiger partial charge on any atom is -0.460 e. The smallest absolute Gasteiger partial charge is 0.416 e. The van der Waals surface area contributed by atoms with Crippen LogP contribution in [0, 0.1) is 0 Å². The predicted octanol–water partition coefficient (Wildman–Crippen LogP) is 7.08. The van der Waals surface area contributed by atoms with Crippen LogP contribution in [0.25, 0.3) is 11.0 Å². The molecule has 6 nitrogen and oxygen atoms in total. The molecule has 0 bridgehead atoms. The molecule has 0 radical (unpaired) electrons. The van der Waals surface area contributed by atoms with Gasteiger partial charge in [-0.1, -0.05) is 49.7 Å². The Morgan fingerprint density at radius 1 is 1.02 bits per heavy atom. The van der Waals surface area contributed by atoms with Gasteiger partial charge in [0, 0.05) is 34.5 Å². The van der Waals surface area contributed by atoms with Gasteiger partial charge in [0.05, 0.1) is 22.3 Å². The summed E-state index contributed by atoms with van der Waals surface area (Å²) in [4.78, 5) is 15.5. The van der Waals surface area contributed by atoms with E-state index in [9.17, 15) is 26.4 Å². The van der Waals surface area contributed by atoms with Crippen molar-refractivity contribution in [2.24, 2.45) is 0 Å². The quantitative estimate of drug-likeness (QED) is 0.205. The SMILES string of the molecule is CCc1c(Cc2ccc(Cl)cc2C(F)(F)F)oc2cc(C(=O)NC(CN(C)C)c3ccc(S(=O)(=O)CC)cc3)ccc12. The molecule has 4 aromatic rings. The van der Waals surface area contributed by atoms with Gasteiger partial charge in [0.25, 0.3) is 5.91 Å². The van der Waals surface area contributed by atoms with Gasteiger partial charge in [0.1, 0.15) is 11.3 Å². The zero-order valence-corrected chi connectivity index (χ0v) is 25.3. The van der Waals surface area contributed by atoms with Crippen LogP contribution in [0.5, 0.6) is 0 Å². The van der Waals surface area contributed by atoms with E-state index in [-0.39, 0.29) is 33.6 Å². The van der Waals surface area contributed by atoms with E-state index >= 15 is 0 Å². The van der Waals surface area contributed by atoms with Gasteiger partial charge in [-0.15, -0.1) is 0 Å². The molecule has 0 fully saturated rings. The number of halogens is 4. The molecule has 11 heteroatoms. The van der Waals surface area contributed by atoms with E-state index in [1.807, 2.05) is 25.9 Å². The van der Waals surface area contributed by atoms with Crippen LogP contribution >= 0.6 is 11.6 Å². The molecule has 0 saturated carbocycles. The Morgan fingerprint density at radius 2 is 1.71 bits per heavy atom. The Hall–Kier alpha value is -3.34. The standard InChI is InChI=1S/C31H32ClF3N2O4S/c1-5-24-25-14-10-21(16-29(25)41-28(24)15-20-7-11-22(32)17-26(20)31(33,34)35)30(38)36-27(18-37(3)4)19-8-12-23(13-9-19)42(39,40)6-2/h7-14,16-17,27H,5-6,15,18H2,1-4H3,(H,36,38). The zero-order chi connectivity index (χ0) is 30.8. The zero-order valence-electron chi connectivity index (χ0n) is 23.7. The second-order valence-corrected chi connectivity index (χ2v) is 13.0. The molecule has 42 heavy (non-hydrogen) atoms. The molecular weight excluding hydrogens is 589 g/mol. The first-order valence-electron chi connectivity index (χ1n) is 13.4. The van der Waals surface area contributed by atoms with Crippen molar-refractivity contribution in [2.75, 3.05) is 26.4 Å². The number of benzene rings is 3. The fraction of sp³-hybridized carbons (Fsp3) is 0.323. The normalized spacial score (nSPS) is 13.1. The summed E-state index contributed by atoms with van der Waals surface area (Å²) in [7, 11) is 0.372. The summed E-state index contributed by atoms with van der Waals surface area (Å²) in [5.74, 6) is 0.0111. The molecular formula is C31H32ClF3N2O4S. The van der Waals surface area contributed by atoms with Crippen molar-refractivity contribution in [3.63, 3.8) is 0 Å². The third-order valence-electron chi connectivity index (χ3n) is 7.10. The number of amides is 1. The molecule has 0 aliphatic carbocycles. The number of aryl methyl sites for hydroxylation is 1. The Labute approximate surface area is 248 Å². The van der Waals surface area contributed by atoms with Crippen LogP contribution in [0.15, 0.2) is 70.0 Å². The summed E-state index contributed by atoms with van der Waals surface area (Å²) < 4.78 is 71.5. The number of alkyl halides is 3. The predicted molar refractivity (Wildman–Crippen MR) is 158 cm³/mol. The lowest BCUT2D eigenvalue weighted by Crippen LogP contribution is -2.35. The maximum Gasteiger partial charge on any atom is 0.416 e. The summed E-state index contributed by atoms with van der Waals surface area (Å²) in [6.07, 6.45) is -4.13. The molecule has 0 saturated heterocycles. The lowest BCUT2D eigenvalue weighted by atomic mass is 9.99. The molecule has 224 valence electrons. The van der Waals surface area contributed by atoms with Crippen molar-refractivity contribution in [3.05, 3.63) is 99.3 Å². The van der Waals surface area contributed by atoms with Crippen LogP contribution in [0.4, 0.5) is 13.2 Å². The van der Waals surface area contributed by atoms with E-state index in [1.165, 1.54) is 24.3 Å². The molecule has 1 amide bonds. The highest BCUT2D eigenvalue weighted by Gasteiger charge is 2.34. The van der Waals surface area contributed by atoms with Gasteiger partial charge in [0.2, 0.25) is 0 Å². The van der Waals surface area contributed by atoms with Crippen LogP contribution in [0.2, 0.25) is 5.02 Å². The summed E-state index contributed by atoms with van der Waals surface area (Å²) >= 11 is 5.84. The van der Waals surface area contributed by atoms with E-state index in [2.05, 4.69) is 5.32 Å². The maximum absolute atomic E-state index is 13.7. The van der Waals surface area contributed by atoms with Gasteiger partial charge < -0.3 is 14.6 Å². The van der Waals surface area contributed by atoms with Crippen molar-refractivity contribution < 1.29 is 30.8 Å². The van der Waals surface area contributed by atoms with Crippen LogP contribution < -0.4 is 5.32 Å². The Kier molecular flexibility index (Phi) is 9.39. The highest BCUT2D eigenvalue weighted by molar-refractivity contribution is 7.91. The van der Waals surface area contributed by atoms with Gasteiger partial charge in [-0.25, -0.2) is 8.42 Å². The van der Waals surface area contributed by atoms with Gasteiger partial charge in [-0.05, 0) is 68.0 Å². The summed E-state index contributed by atoms with van der Waals surface area (Å²) in [6, 6.07) is 14.7. The van der Waals surface area contributed by atoms with Gasteiger partial charge >= 0.3 is 6.18 Å². The summed E-state index contributed by atoms with van der Waals surface area (Å²) in [5.41, 5.74) is 1.46. The van der Waals surface area contributed by atoms with E-state index in [4.69, 9.17) is 16.0 Å². The molecule has 0 aliphatic heterocycles. The first-order chi connectivity index (χ1) is 19.7. The Morgan fingerprint density at radius 3 is 2.31 bits per heavy atom. The first kappa shape index (κ1) is 31.6. The fourth-order valence-corrected chi connectivity index (χ4v) is 5.98. The van der Waals surface area contributed by atoms with Gasteiger partial charge in [0.15, 0.2) is 9.84 Å². The number of hydrogen-bond donors (Lipinski definition) is 1. The first-order valence-corrected chi connectivity index (χ1v) is 15.4. The number of fused-ring (bicyclic) bond motifs is 1. The Balaban J connectivity index is 1.63. The molecule has 0 spiro atoms. The molecule has 4 rings (SSSR count). The molecule has 1 unspecified atom stereocenters. The number of sulfone groups is 1. The lowest BCUT2D eigenvalue weighted by molar-refractivity contribution is -0.138. The van der Waals surface area contributed by atoms with E-state index in [0.29, 0.717) is 29.9 Å². The van der Waals surface area contributed by atoms with E-state index in [1.54, 1.807) is 37.3 Å². The minimum absolute atomic E-state index is 0.00319. The molecule has 1 heterocycles. The number of hydrogen-bond acceptors (Lipinski definition) is 5. The molecule has 0 aliphatic rings. The fourth-order valence-electron chi connectivity index (χ4n) is 4.93. The Bertz CT molecular complexity index is 1700. The third-order valence-corrected chi connectivity index (χ3v) is 9.08. The van der Waals surface area contributed by atoms with Crippen molar-refractivity contribution in [2.45, 2.75) is 43.8 Å². The molecule has 3 aromatic carbocycles. The van der Waals surface area contributed by atoms with E-state index < -0.39 is 27.6 Å². The van der Waals surface area contributed by atoms with Crippen LogP contribution in [-0.2, 0) is 28.9 Å². The monoisotopic (exact) mass is 620 g/mol. The number of furan rings is 1. The number of nitrogens with one attached hydrogen (secondary N) is 1. The van der Waals surface area contributed by atoms with Crippen molar-refractivity contribution in [1.29, 1.82) is 0 Å². The second-order valence-electron chi connectivity index (χ2n) is 10.3. The van der Waals surface area contributed by atoms with Crippen molar-refractivity contribution in [1.82, 2.24) is 10.2 Å². The number of carbonyl (C=O) groups excluding carboxylic acids is 1. The van der Waals surface area contributed by atoms with Crippen LogP contribution in [0.3, 0.4) is 0 Å². The second kappa shape index (κ2) is 12.5. The van der Waals surface area contributed by atoms with Crippen LogP contribution in [0.1, 0.15) is 58.3 Å². The number of nitrogens with zero attached hydrogens (tertiary/aromatic N) is 1. The minimum atomic E-state index is -4.57.